The lowest BCUT2D eigenvalue weighted by Gasteiger charge is -2.41. The smallest absolute Gasteiger partial charge is 0.106 e. The fourth-order valence-corrected chi connectivity index (χ4v) is 1.92. The van der Waals surface area contributed by atoms with Gasteiger partial charge in [0.25, 0.3) is 0 Å². The standard InChI is InChI=1S/C9H19FN2/c1-4-12-6-7(2)11-9(5-10)8(12)3/h7-9,11H,4-6H2,1-3H3/t7-,8-,9-/m1/s1. The zero-order valence-electron chi connectivity index (χ0n) is 8.18. The minimum Gasteiger partial charge on any atom is -0.306 e. The highest BCUT2D eigenvalue weighted by Crippen LogP contribution is 2.12. The maximum Gasteiger partial charge on any atom is 0.106 e. The van der Waals surface area contributed by atoms with E-state index < -0.39 is 0 Å². The van der Waals surface area contributed by atoms with Crippen LogP contribution in [-0.2, 0) is 0 Å². The van der Waals surface area contributed by atoms with Crippen LogP contribution in [-0.4, -0.2) is 42.8 Å². The van der Waals surface area contributed by atoms with Crippen LogP contribution in [0.4, 0.5) is 4.39 Å². The third-order valence-electron chi connectivity index (χ3n) is 2.74. The van der Waals surface area contributed by atoms with Crippen LogP contribution in [0.2, 0.25) is 0 Å². The molecule has 0 radical (unpaired) electrons. The van der Waals surface area contributed by atoms with Crippen LogP contribution >= 0.6 is 0 Å². The monoisotopic (exact) mass is 174 g/mol. The van der Waals surface area contributed by atoms with Gasteiger partial charge in [-0.3, -0.25) is 4.90 Å². The second kappa shape index (κ2) is 4.19. The van der Waals surface area contributed by atoms with Crippen LogP contribution in [0.5, 0.6) is 0 Å². The van der Waals surface area contributed by atoms with Crippen molar-refractivity contribution in [3.63, 3.8) is 0 Å². The highest BCUT2D eigenvalue weighted by molar-refractivity contribution is 4.89. The lowest BCUT2D eigenvalue weighted by molar-refractivity contribution is 0.0976. The summed E-state index contributed by atoms with van der Waals surface area (Å²) in [6, 6.07) is 0.770. The molecule has 0 aromatic heterocycles. The second-order valence-electron chi connectivity index (χ2n) is 3.66. The molecule has 0 aromatic carbocycles. The van der Waals surface area contributed by atoms with Gasteiger partial charge in [0.1, 0.15) is 6.67 Å². The van der Waals surface area contributed by atoms with E-state index >= 15 is 0 Å². The Kier molecular flexibility index (Phi) is 3.47. The van der Waals surface area contributed by atoms with Gasteiger partial charge in [0.15, 0.2) is 0 Å². The number of hydrogen-bond acceptors (Lipinski definition) is 2. The molecule has 1 heterocycles. The minimum absolute atomic E-state index is 0.0219. The Balaban J connectivity index is 2.55. The summed E-state index contributed by atoms with van der Waals surface area (Å²) in [5.41, 5.74) is 0. The molecule has 1 fully saturated rings. The van der Waals surface area contributed by atoms with Crippen LogP contribution in [0.25, 0.3) is 0 Å². The van der Waals surface area contributed by atoms with Gasteiger partial charge in [-0.05, 0) is 20.4 Å². The molecule has 1 rings (SSSR count). The predicted molar refractivity (Wildman–Crippen MR) is 49.1 cm³/mol. The van der Waals surface area contributed by atoms with Gasteiger partial charge in [-0.1, -0.05) is 6.92 Å². The number of halogens is 1. The molecule has 1 aliphatic heterocycles. The van der Waals surface area contributed by atoms with Crippen molar-refractivity contribution in [3.05, 3.63) is 0 Å². The van der Waals surface area contributed by atoms with Crippen molar-refractivity contribution in [3.8, 4) is 0 Å². The van der Waals surface area contributed by atoms with Crippen LogP contribution in [0.1, 0.15) is 20.8 Å². The number of alkyl halides is 1. The molecule has 0 saturated carbocycles. The Morgan fingerprint density at radius 2 is 2.17 bits per heavy atom. The largest absolute Gasteiger partial charge is 0.306 e. The topological polar surface area (TPSA) is 15.3 Å². The number of piperazine rings is 1. The summed E-state index contributed by atoms with van der Waals surface area (Å²) < 4.78 is 12.5. The van der Waals surface area contributed by atoms with Crippen LogP contribution in [0, 0.1) is 0 Å². The Bertz CT molecular complexity index is 126. The Morgan fingerprint density at radius 3 is 2.67 bits per heavy atom. The van der Waals surface area contributed by atoms with Crippen molar-refractivity contribution in [1.29, 1.82) is 0 Å². The van der Waals surface area contributed by atoms with Crippen molar-refractivity contribution in [2.75, 3.05) is 19.8 Å². The third kappa shape index (κ3) is 1.96. The number of hydrogen-bond donors (Lipinski definition) is 1. The molecule has 0 bridgehead atoms. The van der Waals surface area contributed by atoms with Crippen LogP contribution in [0.15, 0.2) is 0 Å². The van der Waals surface area contributed by atoms with Crippen molar-refractivity contribution >= 4 is 0 Å². The first kappa shape index (κ1) is 9.93. The molecule has 2 nitrogen and oxygen atoms in total. The quantitative estimate of drug-likeness (QED) is 0.672. The summed E-state index contributed by atoms with van der Waals surface area (Å²) in [7, 11) is 0. The van der Waals surface area contributed by atoms with Gasteiger partial charge in [0, 0.05) is 18.6 Å². The molecular formula is C9H19FN2. The van der Waals surface area contributed by atoms with Crippen molar-refractivity contribution in [2.24, 2.45) is 0 Å². The molecule has 0 amide bonds. The fourth-order valence-electron chi connectivity index (χ4n) is 1.92. The summed E-state index contributed by atoms with van der Waals surface area (Å²) in [6.07, 6.45) is 0. The van der Waals surface area contributed by atoms with Gasteiger partial charge >= 0.3 is 0 Å². The van der Waals surface area contributed by atoms with E-state index in [1.54, 1.807) is 0 Å². The van der Waals surface area contributed by atoms with Crippen LogP contribution < -0.4 is 5.32 Å². The van der Waals surface area contributed by atoms with Crippen molar-refractivity contribution in [1.82, 2.24) is 10.2 Å². The van der Waals surface area contributed by atoms with Gasteiger partial charge in [0.2, 0.25) is 0 Å². The second-order valence-corrected chi connectivity index (χ2v) is 3.66. The summed E-state index contributed by atoms with van der Waals surface area (Å²) in [6.45, 7) is 8.12. The minimum atomic E-state index is -0.262. The van der Waals surface area contributed by atoms with E-state index in [2.05, 4.69) is 31.0 Å². The Hall–Kier alpha value is -0.150. The predicted octanol–water partition coefficient (Wildman–Crippen LogP) is 1.03. The van der Waals surface area contributed by atoms with Gasteiger partial charge in [-0.25, -0.2) is 4.39 Å². The van der Waals surface area contributed by atoms with E-state index in [0.717, 1.165) is 13.1 Å². The summed E-state index contributed by atoms with van der Waals surface area (Å²) in [4.78, 5) is 2.32. The van der Waals surface area contributed by atoms with Gasteiger partial charge in [0.05, 0.1) is 6.04 Å². The molecule has 0 spiro atoms. The zero-order valence-corrected chi connectivity index (χ0v) is 8.18. The molecule has 1 saturated heterocycles. The molecule has 3 atom stereocenters. The molecular weight excluding hydrogens is 155 g/mol. The van der Waals surface area contributed by atoms with Crippen LogP contribution in [0.3, 0.4) is 0 Å². The maximum atomic E-state index is 12.5. The first-order chi connectivity index (χ1) is 5.69. The first-order valence-corrected chi connectivity index (χ1v) is 4.75. The Morgan fingerprint density at radius 1 is 1.50 bits per heavy atom. The highest BCUT2D eigenvalue weighted by Gasteiger charge is 2.29. The highest BCUT2D eigenvalue weighted by atomic mass is 19.1. The first-order valence-electron chi connectivity index (χ1n) is 4.75. The number of nitrogens with one attached hydrogen (secondary N) is 1. The van der Waals surface area contributed by atoms with E-state index in [1.807, 2.05) is 0 Å². The summed E-state index contributed by atoms with van der Waals surface area (Å²) >= 11 is 0. The number of nitrogens with zero attached hydrogens (tertiary/aromatic N) is 1. The molecule has 1 N–H and O–H groups in total. The molecule has 3 heteroatoms. The molecule has 0 aromatic rings. The maximum absolute atomic E-state index is 12.5. The van der Waals surface area contributed by atoms with E-state index in [1.165, 1.54) is 0 Å². The molecule has 0 aliphatic carbocycles. The summed E-state index contributed by atoms with van der Waals surface area (Å²) in [5.74, 6) is 0. The average Bonchev–Trinajstić information content (AvgIpc) is 2.08. The van der Waals surface area contributed by atoms with E-state index in [4.69, 9.17) is 0 Å². The molecule has 1 aliphatic rings. The zero-order chi connectivity index (χ0) is 9.14. The normalized spacial score (nSPS) is 38.5. The fraction of sp³-hybridized carbons (Fsp3) is 1.00. The molecule has 72 valence electrons. The SMILES string of the molecule is CCN1C[C@@H](C)N[C@H](CF)[C@H]1C. The van der Waals surface area contributed by atoms with Crippen molar-refractivity contribution < 1.29 is 4.39 Å². The third-order valence-corrected chi connectivity index (χ3v) is 2.74. The van der Waals surface area contributed by atoms with E-state index in [0.29, 0.717) is 12.1 Å². The lowest BCUT2D eigenvalue weighted by atomic mass is 10.0. The number of likely N-dealkylation sites (N-methyl/N-ethyl adjacent to an activating group) is 1. The van der Waals surface area contributed by atoms with E-state index in [-0.39, 0.29) is 12.7 Å². The molecule has 12 heavy (non-hydrogen) atoms. The van der Waals surface area contributed by atoms with E-state index in [9.17, 15) is 4.39 Å². The lowest BCUT2D eigenvalue weighted by Crippen LogP contribution is -2.61. The van der Waals surface area contributed by atoms with Gasteiger partial charge in [-0.2, -0.15) is 0 Å². The van der Waals surface area contributed by atoms with Crippen molar-refractivity contribution in [2.45, 2.75) is 38.9 Å². The molecule has 0 unspecified atom stereocenters. The van der Waals surface area contributed by atoms with Gasteiger partial charge < -0.3 is 5.32 Å². The Labute approximate surface area is 74.1 Å². The average molecular weight is 174 g/mol. The number of rotatable bonds is 2. The summed E-state index contributed by atoms with van der Waals surface area (Å²) in [5, 5.41) is 3.26. The van der Waals surface area contributed by atoms with Gasteiger partial charge in [-0.15, -0.1) is 0 Å².